The van der Waals surface area contributed by atoms with E-state index in [1.165, 1.54) is 0 Å². The Kier molecular flexibility index (Phi) is 7.29. The molecule has 1 fully saturated rings. The van der Waals surface area contributed by atoms with E-state index in [0.717, 1.165) is 12.2 Å². The lowest BCUT2D eigenvalue weighted by atomic mass is 9.96. The molecule has 0 radical (unpaired) electrons. The van der Waals surface area contributed by atoms with Gasteiger partial charge in [-0.05, 0) is 56.4 Å². The molecule has 1 aromatic carbocycles. The first-order valence-electron chi connectivity index (χ1n) is 9.20. The van der Waals surface area contributed by atoms with Crippen molar-refractivity contribution in [2.24, 2.45) is 11.8 Å². The normalized spacial score (nSPS) is 15.3. The predicted octanol–water partition coefficient (Wildman–Crippen LogP) is 3.53. The number of carbonyl (C=O) groups excluding carboxylic acids is 2. The van der Waals surface area contributed by atoms with Crippen LogP contribution in [0.4, 0.5) is 0 Å². The minimum absolute atomic E-state index is 0.0102. The van der Waals surface area contributed by atoms with Crippen LogP contribution in [0.25, 0.3) is 0 Å². The van der Waals surface area contributed by atoms with Gasteiger partial charge < -0.3 is 14.4 Å². The van der Waals surface area contributed by atoms with Crippen molar-refractivity contribution in [3.63, 3.8) is 0 Å². The molecule has 0 N–H and O–H groups in total. The number of amides is 1. The monoisotopic (exact) mass is 347 g/mol. The van der Waals surface area contributed by atoms with E-state index >= 15 is 0 Å². The number of rotatable bonds is 7. The number of ether oxygens (including phenoxy) is 2. The lowest BCUT2D eigenvalue weighted by Crippen LogP contribution is -2.40. The maximum Gasteiger partial charge on any atom is 0.309 e. The molecule has 1 heterocycles. The van der Waals surface area contributed by atoms with Gasteiger partial charge in [-0.3, -0.25) is 9.59 Å². The standard InChI is InChI=1S/C20H29NO4/c1-4-24-20(23)17-9-12-21(13-10-17)19(22)16-5-7-18(8-6-16)25-14-11-15(2)3/h5-8,15,17H,4,9-14H2,1-3H3. The highest BCUT2D eigenvalue weighted by Gasteiger charge is 2.28. The zero-order valence-electron chi connectivity index (χ0n) is 15.5. The Balaban J connectivity index is 1.84. The number of likely N-dealkylation sites (tertiary alicyclic amines) is 1. The molecule has 1 saturated heterocycles. The van der Waals surface area contributed by atoms with Crippen LogP contribution >= 0.6 is 0 Å². The number of nitrogens with zero attached hydrogens (tertiary/aromatic N) is 1. The van der Waals surface area contributed by atoms with E-state index in [9.17, 15) is 9.59 Å². The van der Waals surface area contributed by atoms with Crippen LogP contribution in [0.15, 0.2) is 24.3 Å². The molecule has 1 aromatic rings. The Hall–Kier alpha value is -2.04. The molecule has 1 aliphatic heterocycles. The van der Waals surface area contributed by atoms with Gasteiger partial charge in [0.15, 0.2) is 0 Å². The minimum Gasteiger partial charge on any atom is -0.494 e. The number of hydrogen-bond donors (Lipinski definition) is 0. The molecule has 5 heteroatoms. The van der Waals surface area contributed by atoms with Crippen molar-refractivity contribution in [1.29, 1.82) is 0 Å². The number of esters is 1. The summed E-state index contributed by atoms with van der Waals surface area (Å²) in [5, 5.41) is 0. The second-order valence-corrected chi connectivity index (χ2v) is 6.87. The molecule has 1 aliphatic rings. The third-order valence-electron chi connectivity index (χ3n) is 4.47. The molecule has 0 unspecified atom stereocenters. The average Bonchev–Trinajstić information content (AvgIpc) is 2.62. The summed E-state index contributed by atoms with van der Waals surface area (Å²) in [7, 11) is 0. The van der Waals surface area contributed by atoms with Crippen LogP contribution in [0.1, 0.15) is 50.4 Å². The van der Waals surface area contributed by atoms with Crippen LogP contribution < -0.4 is 4.74 Å². The zero-order valence-corrected chi connectivity index (χ0v) is 15.5. The summed E-state index contributed by atoms with van der Waals surface area (Å²) in [5.74, 6) is 1.19. The van der Waals surface area contributed by atoms with E-state index in [1.54, 1.807) is 0 Å². The molecule has 0 spiro atoms. The quantitative estimate of drug-likeness (QED) is 0.708. The van der Waals surface area contributed by atoms with E-state index in [2.05, 4.69) is 13.8 Å². The van der Waals surface area contributed by atoms with Gasteiger partial charge in [0.1, 0.15) is 5.75 Å². The molecule has 0 aromatic heterocycles. The van der Waals surface area contributed by atoms with Crippen molar-refractivity contribution < 1.29 is 19.1 Å². The first kappa shape index (κ1) is 19.3. The highest BCUT2D eigenvalue weighted by atomic mass is 16.5. The Labute approximate surface area is 150 Å². The third-order valence-corrected chi connectivity index (χ3v) is 4.47. The molecule has 5 nitrogen and oxygen atoms in total. The Morgan fingerprint density at radius 3 is 2.36 bits per heavy atom. The number of hydrogen-bond acceptors (Lipinski definition) is 4. The number of piperidine rings is 1. The maximum absolute atomic E-state index is 12.6. The van der Waals surface area contributed by atoms with E-state index in [-0.39, 0.29) is 17.8 Å². The molecule has 1 amide bonds. The van der Waals surface area contributed by atoms with Gasteiger partial charge in [0.25, 0.3) is 5.91 Å². The van der Waals surface area contributed by atoms with Crippen molar-refractivity contribution in [1.82, 2.24) is 4.90 Å². The van der Waals surface area contributed by atoms with E-state index < -0.39 is 0 Å². The summed E-state index contributed by atoms with van der Waals surface area (Å²) in [6.45, 7) is 8.42. The van der Waals surface area contributed by atoms with Crippen LogP contribution in [0.3, 0.4) is 0 Å². The van der Waals surface area contributed by atoms with Gasteiger partial charge in [-0.1, -0.05) is 13.8 Å². The highest BCUT2D eigenvalue weighted by molar-refractivity contribution is 5.94. The Morgan fingerprint density at radius 2 is 1.80 bits per heavy atom. The largest absolute Gasteiger partial charge is 0.494 e. The molecule has 138 valence electrons. The van der Waals surface area contributed by atoms with Gasteiger partial charge in [-0.2, -0.15) is 0 Å². The predicted molar refractivity (Wildman–Crippen MR) is 96.7 cm³/mol. The van der Waals surface area contributed by atoms with Crippen molar-refractivity contribution in [3.8, 4) is 5.75 Å². The highest BCUT2D eigenvalue weighted by Crippen LogP contribution is 2.21. The third kappa shape index (κ3) is 5.76. The SMILES string of the molecule is CCOC(=O)C1CCN(C(=O)c2ccc(OCCC(C)C)cc2)CC1. The minimum atomic E-state index is -0.141. The van der Waals surface area contributed by atoms with E-state index in [4.69, 9.17) is 9.47 Å². The lowest BCUT2D eigenvalue weighted by Gasteiger charge is -2.31. The van der Waals surface area contributed by atoms with Crippen molar-refractivity contribution >= 4 is 11.9 Å². The second kappa shape index (κ2) is 9.44. The Bertz CT molecular complexity index is 560. The molecule has 0 atom stereocenters. The van der Waals surface area contributed by atoms with Crippen LogP contribution in [-0.2, 0) is 9.53 Å². The summed E-state index contributed by atoms with van der Waals surface area (Å²) in [6.07, 6.45) is 2.35. The summed E-state index contributed by atoms with van der Waals surface area (Å²) >= 11 is 0. The van der Waals surface area contributed by atoms with Gasteiger partial charge in [-0.25, -0.2) is 0 Å². The summed E-state index contributed by atoms with van der Waals surface area (Å²) in [5.41, 5.74) is 0.658. The maximum atomic E-state index is 12.6. The molecule has 0 aliphatic carbocycles. The van der Waals surface area contributed by atoms with Gasteiger partial charge >= 0.3 is 5.97 Å². The van der Waals surface area contributed by atoms with Crippen LogP contribution in [0, 0.1) is 11.8 Å². The van der Waals surface area contributed by atoms with Crippen molar-refractivity contribution in [3.05, 3.63) is 29.8 Å². The molecule has 25 heavy (non-hydrogen) atoms. The molecule has 0 saturated carbocycles. The summed E-state index contributed by atoms with van der Waals surface area (Å²) < 4.78 is 10.7. The van der Waals surface area contributed by atoms with Gasteiger partial charge in [0.2, 0.25) is 0 Å². The van der Waals surface area contributed by atoms with Crippen LogP contribution in [-0.4, -0.2) is 43.1 Å². The molecule has 0 bridgehead atoms. The molecular formula is C20H29NO4. The fourth-order valence-corrected chi connectivity index (χ4v) is 2.87. The summed E-state index contributed by atoms with van der Waals surface area (Å²) in [4.78, 5) is 26.2. The van der Waals surface area contributed by atoms with Gasteiger partial charge in [0.05, 0.1) is 19.1 Å². The van der Waals surface area contributed by atoms with Gasteiger partial charge in [0, 0.05) is 18.7 Å². The number of benzene rings is 1. The number of carbonyl (C=O) groups is 2. The summed E-state index contributed by atoms with van der Waals surface area (Å²) in [6, 6.07) is 7.31. The topological polar surface area (TPSA) is 55.8 Å². The zero-order chi connectivity index (χ0) is 18.2. The lowest BCUT2D eigenvalue weighted by molar-refractivity contribution is -0.149. The van der Waals surface area contributed by atoms with Crippen LogP contribution in [0.5, 0.6) is 5.75 Å². The second-order valence-electron chi connectivity index (χ2n) is 6.87. The van der Waals surface area contributed by atoms with Crippen molar-refractivity contribution in [2.45, 2.75) is 40.0 Å². The fourth-order valence-electron chi connectivity index (χ4n) is 2.87. The first-order chi connectivity index (χ1) is 12.0. The first-order valence-corrected chi connectivity index (χ1v) is 9.20. The van der Waals surface area contributed by atoms with E-state index in [1.807, 2.05) is 36.1 Å². The molecule has 2 rings (SSSR count). The fraction of sp³-hybridized carbons (Fsp3) is 0.600. The smallest absolute Gasteiger partial charge is 0.309 e. The van der Waals surface area contributed by atoms with E-state index in [0.29, 0.717) is 50.6 Å². The molecular weight excluding hydrogens is 318 g/mol. The average molecular weight is 347 g/mol. The Morgan fingerprint density at radius 1 is 1.16 bits per heavy atom. The van der Waals surface area contributed by atoms with Gasteiger partial charge in [-0.15, -0.1) is 0 Å². The van der Waals surface area contributed by atoms with Crippen LogP contribution in [0.2, 0.25) is 0 Å². The van der Waals surface area contributed by atoms with Crippen molar-refractivity contribution in [2.75, 3.05) is 26.3 Å².